The van der Waals surface area contributed by atoms with Crippen LogP contribution < -0.4 is 5.32 Å². The van der Waals surface area contributed by atoms with Gasteiger partial charge in [-0.2, -0.15) is 5.10 Å². The summed E-state index contributed by atoms with van der Waals surface area (Å²) in [5, 5.41) is 8.98. The molecule has 0 aliphatic rings. The highest BCUT2D eigenvalue weighted by Crippen LogP contribution is 2.20. The summed E-state index contributed by atoms with van der Waals surface area (Å²) >= 11 is 12.0. The van der Waals surface area contributed by atoms with Crippen molar-refractivity contribution in [2.24, 2.45) is 7.05 Å². The monoisotopic (exact) mass is 269 g/mol. The summed E-state index contributed by atoms with van der Waals surface area (Å²) in [5.41, 5.74) is 2.00. The maximum Gasteiger partial charge on any atom is 0.0762 e. The minimum absolute atomic E-state index is 0.677. The zero-order valence-electron chi connectivity index (χ0n) is 9.45. The lowest BCUT2D eigenvalue weighted by Gasteiger charge is -2.05. The van der Waals surface area contributed by atoms with Crippen LogP contribution in [0.4, 0.5) is 0 Å². The Balaban J connectivity index is 1.91. The summed E-state index contributed by atoms with van der Waals surface area (Å²) < 4.78 is 1.78. The van der Waals surface area contributed by atoms with E-state index in [1.807, 2.05) is 31.4 Å². The van der Waals surface area contributed by atoms with Crippen LogP contribution in [-0.4, -0.2) is 9.78 Å². The molecule has 0 fully saturated rings. The molecule has 0 radical (unpaired) electrons. The minimum atomic E-state index is 0.677. The molecule has 5 heteroatoms. The third-order valence-electron chi connectivity index (χ3n) is 2.40. The van der Waals surface area contributed by atoms with Crippen LogP contribution in [0.5, 0.6) is 0 Å². The second kappa shape index (κ2) is 5.54. The minimum Gasteiger partial charge on any atom is -0.307 e. The number of benzene rings is 1. The van der Waals surface area contributed by atoms with Gasteiger partial charge in [-0.25, -0.2) is 0 Å². The van der Waals surface area contributed by atoms with Crippen LogP contribution in [-0.2, 0) is 20.1 Å². The summed E-state index contributed by atoms with van der Waals surface area (Å²) in [7, 11) is 1.90. The van der Waals surface area contributed by atoms with Crippen LogP contribution in [0.15, 0.2) is 30.5 Å². The fraction of sp³-hybridized carbons (Fsp3) is 0.250. The lowest BCUT2D eigenvalue weighted by Crippen LogP contribution is -2.13. The van der Waals surface area contributed by atoms with Gasteiger partial charge in [0.2, 0.25) is 0 Å². The number of nitrogens with one attached hydrogen (secondary N) is 1. The van der Waals surface area contributed by atoms with Crippen molar-refractivity contribution in [2.45, 2.75) is 13.1 Å². The second-order valence-corrected chi connectivity index (χ2v) is 4.66. The molecule has 1 heterocycles. The number of hydrogen-bond acceptors (Lipinski definition) is 2. The molecule has 90 valence electrons. The summed E-state index contributed by atoms with van der Waals surface area (Å²) in [4.78, 5) is 0. The molecular formula is C12H13Cl2N3. The molecule has 0 atom stereocenters. The third-order valence-corrected chi connectivity index (χ3v) is 3.00. The van der Waals surface area contributed by atoms with Crippen LogP contribution >= 0.6 is 23.2 Å². The van der Waals surface area contributed by atoms with Gasteiger partial charge in [-0.05, 0) is 29.8 Å². The van der Waals surface area contributed by atoms with Gasteiger partial charge < -0.3 is 5.32 Å². The van der Waals surface area contributed by atoms with Gasteiger partial charge in [0, 0.05) is 36.4 Å². The Morgan fingerprint density at radius 2 is 2.06 bits per heavy atom. The Hall–Kier alpha value is -1.03. The molecule has 0 amide bonds. The van der Waals surface area contributed by atoms with Crippen molar-refractivity contribution in [3.05, 3.63) is 51.8 Å². The predicted molar refractivity (Wildman–Crippen MR) is 70.2 cm³/mol. The summed E-state index contributed by atoms with van der Waals surface area (Å²) in [6.07, 6.45) is 1.92. The molecule has 3 nitrogen and oxygen atoms in total. The maximum atomic E-state index is 6.06. The highest BCUT2D eigenvalue weighted by atomic mass is 35.5. The Bertz CT molecular complexity index is 508. The molecule has 0 spiro atoms. The first-order valence-corrected chi connectivity index (χ1v) is 6.04. The molecule has 0 saturated carbocycles. The van der Waals surface area contributed by atoms with Gasteiger partial charge in [-0.1, -0.05) is 23.2 Å². The van der Waals surface area contributed by atoms with Crippen molar-refractivity contribution in [1.82, 2.24) is 15.1 Å². The number of aromatic nitrogens is 2. The van der Waals surface area contributed by atoms with Gasteiger partial charge in [-0.3, -0.25) is 4.68 Å². The number of hydrogen-bond donors (Lipinski definition) is 1. The van der Waals surface area contributed by atoms with Gasteiger partial charge >= 0.3 is 0 Å². The molecule has 2 aromatic rings. The third kappa shape index (κ3) is 3.46. The van der Waals surface area contributed by atoms with E-state index in [1.54, 1.807) is 10.7 Å². The fourth-order valence-corrected chi connectivity index (χ4v) is 1.94. The lowest BCUT2D eigenvalue weighted by molar-refractivity contribution is 0.656. The van der Waals surface area contributed by atoms with Crippen LogP contribution in [0.25, 0.3) is 0 Å². The largest absolute Gasteiger partial charge is 0.307 e. The molecule has 0 aliphatic carbocycles. The molecule has 17 heavy (non-hydrogen) atoms. The highest BCUT2D eigenvalue weighted by molar-refractivity contribution is 6.33. The fourth-order valence-electron chi connectivity index (χ4n) is 1.56. The van der Waals surface area contributed by atoms with E-state index in [-0.39, 0.29) is 0 Å². The van der Waals surface area contributed by atoms with Crippen molar-refractivity contribution in [2.75, 3.05) is 0 Å². The zero-order chi connectivity index (χ0) is 12.3. The Kier molecular flexibility index (Phi) is 4.05. The number of rotatable bonds is 4. The molecule has 0 aliphatic heterocycles. The van der Waals surface area contributed by atoms with Crippen molar-refractivity contribution in [3.63, 3.8) is 0 Å². The normalized spacial score (nSPS) is 10.8. The van der Waals surface area contributed by atoms with Crippen molar-refractivity contribution < 1.29 is 0 Å². The summed E-state index contributed by atoms with van der Waals surface area (Å²) in [6.45, 7) is 1.39. The quantitative estimate of drug-likeness (QED) is 0.925. The van der Waals surface area contributed by atoms with Gasteiger partial charge in [0.15, 0.2) is 0 Å². The number of halogens is 2. The van der Waals surface area contributed by atoms with E-state index in [0.29, 0.717) is 18.1 Å². The maximum absolute atomic E-state index is 6.06. The van der Waals surface area contributed by atoms with E-state index in [4.69, 9.17) is 23.2 Å². The van der Waals surface area contributed by atoms with Crippen LogP contribution in [0.1, 0.15) is 11.3 Å². The van der Waals surface area contributed by atoms with Crippen molar-refractivity contribution in [1.29, 1.82) is 0 Å². The summed E-state index contributed by atoms with van der Waals surface area (Å²) in [6, 6.07) is 7.44. The average Bonchev–Trinajstić information content (AvgIpc) is 2.69. The molecule has 2 rings (SSSR count). The average molecular weight is 270 g/mol. The van der Waals surface area contributed by atoms with Crippen LogP contribution in [0.2, 0.25) is 10.0 Å². The van der Waals surface area contributed by atoms with Gasteiger partial charge in [0.1, 0.15) is 0 Å². The Morgan fingerprint density at radius 3 is 2.76 bits per heavy atom. The first-order valence-electron chi connectivity index (χ1n) is 5.28. The molecule has 0 unspecified atom stereocenters. The smallest absolute Gasteiger partial charge is 0.0762 e. The standard InChI is InChI=1S/C12H13Cl2N3/c1-17-5-4-11(16-17)8-15-7-9-6-10(13)2-3-12(9)14/h2-6,15H,7-8H2,1H3. The first-order chi connectivity index (χ1) is 8.15. The molecule has 1 aromatic carbocycles. The van der Waals surface area contributed by atoms with E-state index in [1.165, 1.54) is 0 Å². The van der Waals surface area contributed by atoms with E-state index in [9.17, 15) is 0 Å². The predicted octanol–water partition coefficient (Wildman–Crippen LogP) is 3.02. The Labute approximate surface area is 110 Å². The second-order valence-electron chi connectivity index (χ2n) is 3.82. The van der Waals surface area contributed by atoms with Gasteiger partial charge in [0.25, 0.3) is 0 Å². The van der Waals surface area contributed by atoms with Gasteiger partial charge in [-0.15, -0.1) is 0 Å². The SMILES string of the molecule is Cn1ccc(CNCc2cc(Cl)ccc2Cl)n1. The topological polar surface area (TPSA) is 29.9 Å². The van der Waals surface area contributed by atoms with Crippen molar-refractivity contribution >= 4 is 23.2 Å². The zero-order valence-corrected chi connectivity index (χ0v) is 11.0. The Morgan fingerprint density at radius 1 is 1.24 bits per heavy atom. The van der Waals surface area contributed by atoms with Gasteiger partial charge in [0.05, 0.1) is 5.69 Å². The molecule has 1 aromatic heterocycles. The van der Waals surface area contributed by atoms with Crippen LogP contribution in [0, 0.1) is 0 Å². The molecular weight excluding hydrogens is 257 g/mol. The van der Waals surface area contributed by atoms with E-state index in [0.717, 1.165) is 16.3 Å². The first kappa shape index (κ1) is 12.4. The van der Waals surface area contributed by atoms with E-state index < -0.39 is 0 Å². The van der Waals surface area contributed by atoms with Crippen LogP contribution in [0.3, 0.4) is 0 Å². The number of nitrogens with zero attached hydrogens (tertiary/aromatic N) is 2. The molecule has 0 bridgehead atoms. The summed E-state index contributed by atoms with van der Waals surface area (Å²) in [5.74, 6) is 0. The van der Waals surface area contributed by atoms with E-state index >= 15 is 0 Å². The molecule has 1 N–H and O–H groups in total. The number of aryl methyl sites for hydroxylation is 1. The van der Waals surface area contributed by atoms with E-state index in [2.05, 4.69) is 10.4 Å². The molecule has 0 saturated heterocycles. The van der Waals surface area contributed by atoms with Crippen molar-refractivity contribution in [3.8, 4) is 0 Å². The highest BCUT2D eigenvalue weighted by Gasteiger charge is 2.02. The lowest BCUT2D eigenvalue weighted by atomic mass is 10.2.